The molecule has 0 spiro atoms. The van der Waals surface area contributed by atoms with E-state index in [9.17, 15) is 14.4 Å². The lowest BCUT2D eigenvalue weighted by atomic mass is 10.1. The van der Waals surface area contributed by atoms with E-state index in [0.717, 1.165) is 23.3 Å². The Morgan fingerprint density at radius 2 is 1.68 bits per heavy atom. The Balaban J connectivity index is 1.59. The van der Waals surface area contributed by atoms with Crippen LogP contribution in [-0.4, -0.2) is 42.6 Å². The molecule has 2 aromatic rings. The molecule has 2 aromatic carbocycles. The summed E-state index contributed by atoms with van der Waals surface area (Å²) >= 11 is 0. The second-order valence-electron chi connectivity index (χ2n) is 6.85. The molecular formula is C24H25NO6. The first kappa shape index (κ1) is 22.1. The van der Waals surface area contributed by atoms with Gasteiger partial charge in [-0.15, -0.1) is 0 Å². The quantitative estimate of drug-likeness (QED) is 0.248. The van der Waals surface area contributed by atoms with Crippen LogP contribution in [0.25, 0.3) is 6.08 Å². The zero-order valence-corrected chi connectivity index (χ0v) is 17.6. The van der Waals surface area contributed by atoms with E-state index in [4.69, 9.17) is 14.2 Å². The van der Waals surface area contributed by atoms with Gasteiger partial charge in [0.05, 0.1) is 24.3 Å². The molecule has 0 fully saturated rings. The Bertz CT molecular complexity index is 962. The van der Waals surface area contributed by atoms with Crippen LogP contribution in [0.4, 0.5) is 0 Å². The first-order valence-corrected chi connectivity index (χ1v) is 10.2. The van der Waals surface area contributed by atoms with Crippen LogP contribution in [0.3, 0.4) is 0 Å². The number of hydrogen-bond donors (Lipinski definition) is 0. The summed E-state index contributed by atoms with van der Waals surface area (Å²) in [5.74, 6) is -0.367. The fraction of sp³-hybridized carbons (Fsp3) is 0.292. The first-order chi connectivity index (χ1) is 15.0. The predicted molar refractivity (Wildman–Crippen MR) is 115 cm³/mol. The summed E-state index contributed by atoms with van der Waals surface area (Å²) < 4.78 is 16.5. The predicted octanol–water partition coefficient (Wildman–Crippen LogP) is 4.07. The number of hydrogen-bond acceptors (Lipinski definition) is 6. The van der Waals surface area contributed by atoms with Crippen LogP contribution in [0.2, 0.25) is 0 Å². The van der Waals surface area contributed by atoms with Crippen molar-refractivity contribution >= 4 is 23.9 Å². The molecule has 1 heterocycles. The van der Waals surface area contributed by atoms with Crippen molar-refractivity contribution in [3.05, 3.63) is 65.2 Å². The van der Waals surface area contributed by atoms with Gasteiger partial charge in [0.25, 0.3) is 11.8 Å². The molecule has 162 valence electrons. The molecule has 0 aromatic heterocycles. The smallest absolute Gasteiger partial charge is 0.332 e. The number of unbranched alkanes of at least 4 members (excludes halogenated alkanes) is 1. The number of benzene rings is 2. The van der Waals surface area contributed by atoms with Gasteiger partial charge in [-0.05, 0) is 49.2 Å². The van der Waals surface area contributed by atoms with E-state index in [-0.39, 0.29) is 0 Å². The van der Waals surface area contributed by atoms with Crippen molar-refractivity contribution in [2.45, 2.75) is 26.7 Å². The van der Waals surface area contributed by atoms with Crippen molar-refractivity contribution < 1.29 is 28.6 Å². The number of nitrogens with zero attached hydrogens (tertiary/aromatic N) is 1. The Labute approximate surface area is 181 Å². The summed E-state index contributed by atoms with van der Waals surface area (Å²) in [5.41, 5.74) is 1.34. The van der Waals surface area contributed by atoms with E-state index >= 15 is 0 Å². The number of carbonyl (C=O) groups is 3. The minimum Gasteiger partial charge on any atom is -0.490 e. The highest BCUT2D eigenvalue weighted by molar-refractivity contribution is 6.21. The molecule has 0 unspecified atom stereocenters. The number of imide groups is 1. The summed E-state index contributed by atoms with van der Waals surface area (Å²) in [6.45, 7) is 4.63. The third kappa shape index (κ3) is 5.31. The van der Waals surface area contributed by atoms with Crippen molar-refractivity contribution in [3.8, 4) is 11.5 Å². The van der Waals surface area contributed by atoms with Gasteiger partial charge in [0.2, 0.25) is 0 Å². The van der Waals surface area contributed by atoms with Crippen LogP contribution < -0.4 is 9.47 Å². The number of amides is 2. The largest absolute Gasteiger partial charge is 0.490 e. The lowest BCUT2D eigenvalue weighted by Crippen LogP contribution is -2.32. The molecule has 0 atom stereocenters. The van der Waals surface area contributed by atoms with Gasteiger partial charge in [-0.1, -0.05) is 31.5 Å². The molecule has 7 nitrogen and oxygen atoms in total. The van der Waals surface area contributed by atoms with E-state index in [1.807, 2.05) is 6.92 Å². The van der Waals surface area contributed by atoms with Crippen molar-refractivity contribution in [2.75, 3.05) is 19.9 Å². The summed E-state index contributed by atoms with van der Waals surface area (Å²) in [7, 11) is 0. The van der Waals surface area contributed by atoms with E-state index in [1.165, 1.54) is 6.08 Å². The van der Waals surface area contributed by atoms with Gasteiger partial charge >= 0.3 is 5.97 Å². The van der Waals surface area contributed by atoms with E-state index < -0.39 is 24.5 Å². The Hall–Kier alpha value is -3.61. The maximum atomic E-state index is 12.3. The third-order valence-corrected chi connectivity index (χ3v) is 4.65. The van der Waals surface area contributed by atoms with Gasteiger partial charge in [0, 0.05) is 6.08 Å². The van der Waals surface area contributed by atoms with Gasteiger partial charge in [0.1, 0.15) is 0 Å². The van der Waals surface area contributed by atoms with Crippen molar-refractivity contribution in [1.29, 1.82) is 0 Å². The average Bonchev–Trinajstić information content (AvgIpc) is 3.02. The molecule has 0 radical (unpaired) electrons. The molecule has 0 bridgehead atoms. The topological polar surface area (TPSA) is 82.1 Å². The summed E-state index contributed by atoms with van der Waals surface area (Å²) in [6, 6.07) is 11.9. The Morgan fingerprint density at radius 1 is 0.968 bits per heavy atom. The standard InChI is InChI=1S/C24H25NO6/c1-3-5-14-30-20-12-10-17(15-21(20)29-4-2)11-13-22(26)31-16-25-23(27)18-8-6-7-9-19(18)24(25)28/h6-13,15H,3-5,14,16H2,1-2H3. The summed E-state index contributed by atoms with van der Waals surface area (Å²) in [5, 5.41) is 0. The molecular weight excluding hydrogens is 398 g/mol. The highest BCUT2D eigenvalue weighted by Gasteiger charge is 2.35. The van der Waals surface area contributed by atoms with Gasteiger partial charge in [-0.2, -0.15) is 0 Å². The van der Waals surface area contributed by atoms with Crippen molar-refractivity contribution in [1.82, 2.24) is 4.90 Å². The highest BCUT2D eigenvalue weighted by Crippen LogP contribution is 2.29. The molecule has 7 heteroatoms. The SMILES string of the molecule is CCCCOc1ccc(C=CC(=O)OCN2C(=O)c3ccccc3C2=O)cc1OCC. The van der Waals surface area contributed by atoms with Crippen LogP contribution in [-0.2, 0) is 9.53 Å². The summed E-state index contributed by atoms with van der Waals surface area (Å²) in [4.78, 5) is 37.6. The molecule has 0 saturated carbocycles. The molecule has 3 rings (SSSR count). The average molecular weight is 423 g/mol. The first-order valence-electron chi connectivity index (χ1n) is 10.2. The van der Waals surface area contributed by atoms with Crippen LogP contribution in [0.5, 0.6) is 11.5 Å². The molecule has 1 aliphatic heterocycles. The minimum atomic E-state index is -0.669. The van der Waals surface area contributed by atoms with Crippen molar-refractivity contribution in [2.24, 2.45) is 0 Å². The second kappa shape index (κ2) is 10.4. The van der Waals surface area contributed by atoms with E-state index in [0.29, 0.717) is 35.8 Å². The second-order valence-corrected chi connectivity index (χ2v) is 6.85. The lowest BCUT2D eigenvalue weighted by molar-refractivity contribution is -0.140. The molecule has 0 aliphatic carbocycles. The van der Waals surface area contributed by atoms with Gasteiger partial charge in [-0.3, -0.25) is 9.59 Å². The number of carbonyl (C=O) groups excluding carboxylic acids is 3. The van der Waals surface area contributed by atoms with Gasteiger partial charge in [-0.25, -0.2) is 9.69 Å². The number of fused-ring (bicyclic) bond motifs is 1. The molecule has 1 aliphatic rings. The van der Waals surface area contributed by atoms with Crippen molar-refractivity contribution in [3.63, 3.8) is 0 Å². The number of rotatable bonds is 10. The monoisotopic (exact) mass is 423 g/mol. The Morgan fingerprint density at radius 3 is 2.32 bits per heavy atom. The fourth-order valence-electron chi connectivity index (χ4n) is 3.04. The van der Waals surface area contributed by atoms with E-state index in [2.05, 4.69) is 6.92 Å². The number of esters is 1. The molecule has 2 amide bonds. The van der Waals surface area contributed by atoms with Crippen LogP contribution in [0.15, 0.2) is 48.5 Å². The zero-order valence-electron chi connectivity index (χ0n) is 17.6. The van der Waals surface area contributed by atoms with E-state index in [1.54, 1.807) is 48.5 Å². The fourth-order valence-corrected chi connectivity index (χ4v) is 3.04. The van der Waals surface area contributed by atoms with Crippen LogP contribution in [0.1, 0.15) is 53.0 Å². The maximum absolute atomic E-state index is 12.3. The normalized spacial score (nSPS) is 12.9. The highest BCUT2D eigenvalue weighted by atomic mass is 16.5. The molecule has 31 heavy (non-hydrogen) atoms. The maximum Gasteiger partial charge on any atom is 0.332 e. The number of ether oxygens (including phenoxy) is 3. The third-order valence-electron chi connectivity index (χ3n) is 4.65. The minimum absolute atomic E-state index is 0.309. The van der Waals surface area contributed by atoms with Crippen LogP contribution >= 0.6 is 0 Å². The zero-order chi connectivity index (χ0) is 22.2. The van der Waals surface area contributed by atoms with Crippen LogP contribution in [0, 0.1) is 0 Å². The molecule has 0 saturated heterocycles. The van der Waals surface area contributed by atoms with Gasteiger partial charge < -0.3 is 14.2 Å². The lowest BCUT2D eigenvalue weighted by Gasteiger charge is -2.13. The molecule has 0 N–H and O–H groups in total. The van der Waals surface area contributed by atoms with Gasteiger partial charge in [0.15, 0.2) is 18.2 Å². The summed E-state index contributed by atoms with van der Waals surface area (Å²) in [6.07, 6.45) is 4.80. The Kier molecular flexibility index (Phi) is 7.43.